The van der Waals surface area contributed by atoms with E-state index < -0.39 is 6.09 Å². The third-order valence-electron chi connectivity index (χ3n) is 5.22. The highest BCUT2D eigenvalue weighted by Crippen LogP contribution is 2.25. The number of ether oxygens (including phenoxy) is 2. The highest BCUT2D eigenvalue weighted by molar-refractivity contribution is 6.06. The van der Waals surface area contributed by atoms with E-state index in [-0.39, 0.29) is 12.5 Å². The third kappa shape index (κ3) is 4.51. The van der Waals surface area contributed by atoms with Crippen LogP contribution in [0, 0.1) is 6.92 Å². The fourth-order valence-corrected chi connectivity index (χ4v) is 3.51. The van der Waals surface area contributed by atoms with Crippen molar-refractivity contribution in [2.24, 2.45) is 0 Å². The normalized spacial score (nSPS) is 10.7. The van der Waals surface area contributed by atoms with Gasteiger partial charge in [-0.15, -0.1) is 0 Å². The lowest BCUT2D eigenvalue weighted by atomic mass is 10.1. The predicted octanol–water partition coefficient (Wildman–Crippen LogP) is 3.95. The maximum Gasteiger partial charge on any atom is 0.412 e. The average Bonchev–Trinajstić information content (AvgIpc) is 3.28. The molecule has 0 aliphatic heterocycles. The van der Waals surface area contributed by atoms with Crippen molar-refractivity contribution in [2.45, 2.75) is 13.8 Å². The zero-order valence-electron chi connectivity index (χ0n) is 19.3. The van der Waals surface area contributed by atoms with E-state index >= 15 is 0 Å². The van der Waals surface area contributed by atoms with Gasteiger partial charge in [0.25, 0.3) is 5.91 Å². The fourth-order valence-electron chi connectivity index (χ4n) is 3.51. The molecule has 174 valence electrons. The molecule has 0 aliphatic rings. The molecule has 4 rings (SSSR count). The first-order chi connectivity index (χ1) is 16.4. The van der Waals surface area contributed by atoms with Crippen LogP contribution >= 0.6 is 0 Å². The Balaban J connectivity index is 1.66. The standard InChI is InChI=1S/C24H24N6O4/c1-5-34-24(32)28-20-7-6-16(12-26-20)19-13-27-22-15(2)10-17(14-30(19)22)23(31)29(3)18-8-9-25-21(11-18)33-4/h6-14H,5H2,1-4H3,(H,26,28,32). The van der Waals surface area contributed by atoms with Crippen LogP contribution in [0.5, 0.6) is 5.88 Å². The highest BCUT2D eigenvalue weighted by Gasteiger charge is 2.18. The summed E-state index contributed by atoms with van der Waals surface area (Å²) in [4.78, 5) is 39.3. The number of imidazole rings is 1. The van der Waals surface area contributed by atoms with Crippen LogP contribution < -0.4 is 15.0 Å². The molecular formula is C24H24N6O4. The van der Waals surface area contributed by atoms with E-state index in [2.05, 4.69) is 20.3 Å². The van der Waals surface area contributed by atoms with Crippen molar-refractivity contribution >= 4 is 29.2 Å². The van der Waals surface area contributed by atoms with E-state index in [1.165, 1.54) is 7.11 Å². The Hall–Kier alpha value is -4.47. The van der Waals surface area contributed by atoms with Crippen LogP contribution in [0.4, 0.5) is 16.3 Å². The smallest absolute Gasteiger partial charge is 0.412 e. The second kappa shape index (κ2) is 9.57. The minimum Gasteiger partial charge on any atom is -0.481 e. The molecule has 0 saturated carbocycles. The van der Waals surface area contributed by atoms with Crippen LogP contribution in [0.2, 0.25) is 0 Å². The van der Waals surface area contributed by atoms with Crippen molar-refractivity contribution in [2.75, 3.05) is 31.0 Å². The van der Waals surface area contributed by atoms with E-state index in [4.69, 9.17) is 9.47 Å². The number of aromatic nitrogens is 4. The molecule has 2 amide bonds. The SMILES string of the molecule is CCOC(=O)Nc1ccc(-c2cnc3c(C)cc(C(=O)N(C)c4ccnc(OC)c4)cn23)cn1. The van der Waals surface area contributed by atoms with Gasteiger partial charge in [-0.3, -0.25) is 14.5 Å². The maximum atomic E-state index is 13.3. The first-order valence-electron chi connectivity index (χ1n) is 10.6. The second-order valence-electron chi connectivity index (χ2n) is 7.45. The quantitative estimate of drug-likeness (QED) is 0.464. The number of fused-ring (bicyclic) bond motifs is 1. The van der Waals surface area contributed by atoms with Gasteiger partial charge in [0.05, 0.1) is 36.9 Å². The van der Waals surface area contributed by atoms with Gasteiger partial charge in [0.2, 0.25) is 5.88 Å². The molecule has 0 spiro atoms. The van der Waals surface area contributed by atoms with Crippen molar-refractivity contribution in [1.82, 2.24) is 19.4 Å². The van der Waals surface area contributed by atoms with Crippen LogP contribution in [0.1, 0.15) is 22.8 Å². The molecule has 0 aromatic carbocycles. The Kier molecular flexibility index (Phi) is 6.39. The van der Waals surface area contributed by atoms with E-state index in [1.54, 1.807) is 61.9 Å². The van der Waals surface area contributed by atoms with Crippen molar-refractivity contribution in [3.8, 4) is 17.1 Å². The minimum atomic E-state index is -0.563. The van der Waals surface area contributed by atoms with E-state index in [0.717, 1.165) is 22.5 Å². The summed E-state index contributed by atoms with van der Waals surface area (Å²) in [6.07, 6.45) is 6.14. The molecule has 0 unspecified atom stereocenters. The van der Waals surface area contributed by atoms with E-state index in [0.29, 0.717) is 22.9 Å². The summed E-state index contributed by atoms with van der Waals surface area (Å²) in [7, 11) is 3.23. The number of carbonyl (C=O) groups is 2. The molecule has 0 atom stereocenters. The van der Waals surface area contributed by atoms with Crippen molar-refractivity contribution in [1.29, 1.82) is 0 Å². The average molecular weight is 460 g/mol. The van der Waals surface area contributed by atoms with Gasteiger partial charge in [-0.25, -0.2) is 19.7 Å². The lowest BCUT2D eigenvalue weighted by molar-refractivity contribution is 0.0992. The topological polar surface area (TPSA) is 111 Å². The van der Waals surface area contributed by atoms with Gasteiger partial charge in [-0.1, -0.05) is 0 Å². The summed E-state index contributed by atoms with van der Waals surface area (Å²) in [5.74, 6) is 0.608. The Morgan fingerprint density at radius 1 is 1.12 bits per heavy atom. The summed E-state index contributed by atoms with van der Waals surface area (Å²) < 4.78 is 11.9. The first kappa shape index (κ1) is 22.7. The summed E-state index contributed by atoms with van der Waals surface area (Å²) in [6.45, 7) is 3.91. The number of anilines is 2. The number of aryl methyl sites for hydroxylation is 1. The van der Waals surface area contributed by atoms with Crippen molar-refractivity contribution in [3.05, 3.63) is 66.2 Å². The number of hydrogen-bond acceptors (Lipinski definition) is 7. The predicted molar refractivity (Wildman–Crippen MR) is 127 cm³/mol. The molecule has 0 radical (unpaired) electrons. The molecule has 4 aromatic heterocycles. The van der Waals surface area contributed by atoms with Crippen LogP contribution in [-0.4, -0.2) is 52.1 Å². The summed E-state index contributed by atoms with van der Waals surface area (Å²) in [6, 6.07) is 8.75. The van der Waals surface area contributed by atoms with E-state index in [1.807, 2.05) is 23.5 Å². The number of rotatable bonds is 6. The molecule has 10 heteroatoms. The van der Waals surface area contributed by atoms with Crippen LogP contribution in [-0.2, 0) is 4.74 Å². The lowest BCUT2D eigenvalue weighted by Gasteiger charge is -2.18. The van der Waals surface area contributed by atoms with Gasteiger partial charge in [0, 0.05) is 37.3 Å². The number of methoxy groups -OCH3 is 1. The van der Waals surface area contributed by atoms with Crippen LogP contribution in [0.3, 0.4) is 0 Å². The number of carbonyl (C=O) groups excluding carboxylic acids is 2. The van der Waals surface area contributed by atoms with Gasteiger partial charge in [0.1, 0.15) is 11.5 Å². The summed E-state index contributed by atoms with van der Waals surface area (Å²) in [5, 5.41) is 2.56. The van der Waals surface area contributed by atoms with Gasteiger partial charge in [-0.2, -0.15) is 0 Å². The molecule has 34 heavy (non-hydrogen) atoms. The largest absolute Gasteiger partial charge is 0.481 e. The van der Waals surface area contributed by atoms with E-state index in [9.17, 15) is 9.59 Å². The zero-order valence-corrected chi connectivity index (χ0v) is 19.3. The summed E-state index contributed by atoms with van der Waals surface area (Å²) >= 11 is 0. The fraction of sp³-hybridized carbons (Fsp3) is 0.208. The second-order valence-corrected chi connectivity index (χ2v) is 7.45. The Labute approximate surface area is 196 Å². The van der Waals surface area contributed by atoms with Gasteiger partial charge >= 0.3 is 6.09 Å². The highest BCUT2D eigenvalue weighted by atomic mass is 16.5. The molecule has 0 fully saturated rings. The molecule has 10 nitrogen and oxygen atoms in total. The van der Waals surface area contributed by atoms with Crippen LogP contribution in [0.25, 0.3) is 16.9 Å². The Morgan fingerprint density at radius 3 is 2.65 bits per heavy atom. The maximum absolute atomic E-state index is 13.3. The van der Waals surface area contributed by atoms with Gasteiger partial charge < -0.3 is 14.4 Å². The molecule has 0 aliphatic carbocycles. The number of nitrogens with one attached hydrogen (secondary N) is 1. The molecule has 1 N–H and O–H groups in total. The third-order valence-corrected chi connectivity index (χ3v) is 5.22. The number of hydrogen-bond donors (Lipinski definition) is 1. The number of amides is 2. The minimum absolute atomic E-state index is 0.190. The van der Waals surface area contributed by atoms with Gasteiger partial charge in [0.15, 0.2) is 0 Å². The van der Waals surface area contributed by atoms with Crippen LogP contribution in [0.15, 0.2) is 55.1 Å². The molecule has 4 heterocycles. The number of nitrogens with zero attached hydrogens (tertiary/aromatic N) is 5. The van der Waals surface area contributed by atoms with Crippen molar-refractivity contribution in [3.63, 3.8) is 0 Å². The molecule has 0 saturated heterocycles. The molecular weight excluding hydrogens is 436 g/mol. The Morgan fingerprint density at radius 2 is 1.94 bits per heavy atom. The monoisotopic (exact) mass is 460 g/mol. The zero-order chi connectivity index (χ0) is 24.2. The number of pyridine rings is 3. The Bertz CT molecular complexity index is 1350. The molecule has 0 bridgehead atoms. The molecule has 4 aromatic rings. The van der Waals surface area contributed by atoms with Gasteiger partial charge in [-0.05, 0) is 43.7 Å². The summed E-state index contributed by atoms with van der Waals surface area (Å²) in [5.41, 5.74) is 4.28. The first-order valence-corrected chi connectivity index (χ1v) is 10.6. The lowest BCUT2D eigenvalue weighted by Crippen LogP contribution is -2.26. The van der Waals surface area contributed by atoms with Crippen molar-refractivity contribution < 1.29 is 19.1 Å².